The van der Waals surface area contributed by atoms with Crippen molar-refractivity contribution < 1.29 is 23.8 Å². The van der Waals surface area contributed by atoms with Gasteiger partial charge in [-0.15, -0.1) is 0 Å². The SMILES string of the molecule is COc1ccc(/C(O)=C2/C(=O)C(=O)N(c3cc(C)cc(C)c3)C2c2ccc(F)cc2)cc1C(C)(C)C. The van der Waals surface area contributed by atoms with Gasteiger partial charge in [0.05, 0.1) is 18.7 Å². The van der Waals surface area contributed by atoms with Gasteiger partial charge in [0.15, 0.2) is 0 Å². The van der Waals surface area contributed by atoms with Crippen molar-refractivity contribution in [2.75, 3.05) is 12.0 Å². The first-order valence-electron chi connectivity index (χ1n) is 11.8. The molecule has 3 aromatic rings. The average Bonchev–Trinajstić information content (AvgIpc) is 3.08. The second-order valence-electron chi connectivity index (χ2n) is 10.2. The van der Waals surface area contributed by atoms with Gasteiger partial charge in [0.25, 0.3) is 11.7 Å². The van der Waals surface area contributed by atoms with Crippen molar-refractivity contribution in [1.82, 2.24) is 0 Å². The van der Waals surface area contributed by atoms with Gasteiger partial charge in [-0.1, -0.05) is 39.0 Å². The van der Waals surface area contributed by atoms with Crippen LogP contribution in [0.15, 0.2) is 66.2 Å². The summed E-state index contributed by atoms with van der Waals surface area (Å²) < 4.78 is 19.3. The van der Waals surface area contributed by atoms with Gasteiger partial charge in [0, 0.05) is 16.8 Å². The van der Waals surface area contributed by atoms with E-state index in [0.29, 0.717) is 22.6 Å². The van der Waals surface area contributed by atoms with Gasteiger partial charge in [-0.2, -0.15) is 0 Å². The minimum Gasteiger partial charge on any atom is -0.507 e. The molecule has 0 aliphatic carbocycles. The van der Waals surface area contributed by atoms with Gasteiger partial charge >= 0.3 is 0 Å². The summed E-state index contributed by atoms with van der Waals surface area (Å²) in [6, 6.07) is 15.5. The summed E-state index contributed by atoms with van der Waals surface area (Å²) in [5, 5.41) is 11.5. The second kappa shape index (κ2) is 9.26. The molecule has 0 radical (unpaired) electrons. The molecule has 1 fully saturated rings. The normalized spacial score (nSPS) is 17.5. The Morgan fingerprint density at radius 2 is 1.56 bits per heavy atom. The largest absolute Gasteiger partial charge is 0.507 e. The molecular formula is C30H30FNO4. The molecule has 1 amide bonds. The van der Waals surface area contributed by atoms with Crippen molar-refractivity contribution in [2.24, 2.45) is 0 Å². The monoisotopic (exact) mass is 487 g/mol. The zero-order valence-corrected chi connectivity index (χ0v) is 21.3. The van der Waals surface area contributed by atoms with Crippen LogP contribution in [0.25, 0.3) is 5.76 Å². The van der Waals surface area contributed by atoms with E-state index < -0.39 is 23.5 Å². The number of aliphatic hydroxyl groups excluding tert-OH is 1. The lowest BCUT2D eigenvalue weighted by Crippen LogP contribution is -2.29. The van der Waals surface area contributed by atoms with Gasteiger partial charge in [0.1, 0.15) is 17.3 Å². The standard InChI is InChI=1S/C30H30FNO4/c1-17-13-18(2)15-22(14-17)32-26(19-7-10-21(31)11-8-19)25(28(34)29(32)35)27(33)20-9-12-24(36-6)23(16-20)30(3,4)5/h7-16,26,33H,1-6H3/b27-25-. The third-order valence-corrected chi connectivity index (χ3v) is 6.40. The van der Waals surface area contributed by atoms with E-state index in [1.165, 1.54) is 29.2 Å². The predicted octanol–water partition coefficient (Wildman–Crippen LogP) is 6.37. The number of anilines is 1. The van der Waals surface area contributed by atoms with Crippen molar-refractivity contribution in [1.29, 1.82) is 0 Å². The molecule has 5 nitrogen and oxygen atoms in total. The Labute approximate surface area is 210 Å². The number of halogens is 1. The maximum atomic E-state index is 13.8. The fourth-order valence-corrected chi connectivity index (χ4v) is 4.75. The third-order valence-electron chi connectivity index (χ3n) is 6.40. The van der Waals surface area contributed by atoms with Gasteiger partial charge in [-0.05, 0) is 78.4 Å². The molecule has 186 valence electrons. The van der Waals surface area contributed by atoms with Crippen LogP contribution in [-0.4, -0.2) is 23.9 Å². The highest BCUT2D eigenvalue weighted by molar-refractivity contribution is 6.51. The summed E-state index contributed by atoms with van der Waals surface area (Å²) in [5.41, 5.74) is 3.79. The van der Waals surface area contributed by atoms with Gasteiger partial charge in [-0.3, -0.25) is 14.5 Å². The van der Waals surface area contributed by atoms with E-state index in [-0.39, 0.29) is 16.7 Å². The lowest BCUT2D eigenvalue weighted by molar-refractivity contribution is -0.132. The van der Waals surface area contributed by atoms with E-state index in [2.05, 4.69) is 0 Å². The summed E-state index contributed by atoms with van der Waals surface area (Å²) in [7, 11) is 1.58. The van der Waals surface area contributed by atoms with E-state index in [1.807, 2.05) is 52.8 Å². The molecule has 0 saturated carbocycles. The average molecular weight is 488 g/mol. The molecule has 0 spiro atoms. The van der Waals surface area contributed by atoms with Crippen LogP contribution in [-0.2, 0) is 15.0 Å². The molecule has 4 rings (SSSR count). The number of nitrogens with zero attached hydrogens (tertiary/aromatic N) is 1. The van der Waals surface area contributed by atoms with Crippen molar-refractivity contribution in [2.45, 2.75) is 46.1 Å². The predicted molar refractivity (Wildman–Crippen MR) is 139 cm³/mol. The summed E-state index contributed by atoms with van der Waals surface area (Å²) in [6.45, 7) is 9.88. The molecule has 6 heteroatoms. The summed E-state index contributed by atoms with van der Waals surface area (Å²) in [4.78, 5) is 28.2. The molecule has 1 aliphatic rings. The van der Waals surface area contributed by atoms with Crippen molar-refractivity contribution >= 4 is 23.1 Å². The van der Waals surface area contributed by atoms with E-state index >= 15 is 0 Å². The summed E-state index contributed by atoms with van der Waals surface area (Å²) >= 11 is 0. The number of methoxy groups -OCH3 is 1. The number of ether oxygens (including phenoxy) is 1. The number of aliphatic hydroxyl groups is 1. The topological polar surface area (TPSA) is 66.8 Å². The highest BCUT2D eigenvalue weighted by atomic mass is 19.1. The van der Waals surface area contributed by atoms with Crippen LogP contribution in [0, 0.1) is 19.7 Å². The molecular weight excluding hydrogens is 457 g/mol. The van der Waals surface area contributed by atoms with E-state index in [9.17, 15) is 19.1 Å². The van der Waals surface area contributed by atoms with Gasteiger partial charge in [0.2, 0.25) is 0 Å². The number of aryl methyl sites for hydroxylation is 2. The first kappa shape index (κ1) is 25.2. The smallest absolute Gasteiger partial charge is 0.300 e. The number of benzene rings is 3. The zero-order valence-electron chi connectivity index (χ0n) is 21.3. The lowest BCUT2D eigenvalue weighted by atomic mass is 9.84. The Morgan fingerprint density at radius 1 is 0.944 bits per heavy atom. The first-order valence-corrected chi connectivity index (χ1v) is 11.8. The number of carbonyl (C=O) groups is 2. The van der Waals surface area contributed by atoms with E-state index in [0.717, 1.165) is 16.7 Å². The number of carbonyl (C=O) groups excluding carboxylic acids is 2. The Hall–Kier alpha value is -3.93. The molecule has 36 heavy (non-hydrogen) atoms. The van der Waals surface area contributed by atoms with E-state index in [4.69, 9.17) is 4.74 Å². The van der Waals surface area contributed by atoms with Crippen LogP contribution in [0.1, 0.15) is 54.6 Å². The fraction of sp³-hybridized carbons (Fsp3) is 0.267. The maximum absolute atomic E-state index is 13.8. The lowest BCUT2D eigenvalue weighted by Gasteiger charge is -2.26. The highest BCUT2D eigenvalue weighted by Crippen LogP contribution is 2.43. The van der Waals surface area contributed by atoms with Crippen LogP contribution < -0.4 is 9.64 Å². The highest BCUT2D eigenvalue weighted by Gasteiger charge is 2.47. The molecule has 1 unspecified atom stereocenters. The fourth-order valence-electron chi connectivity index (χ4n) is 4.75. The Bertz CT molecular complexity index is 1360. The number of Topliss-reactive ketones (excluding diaryl/α,β-unsaturated/α-hetero) is 1. The first-order chi connectivity index (χ1) is 16.9. The number of amides is 1. The second-order valence-corrected chi connectivity index (χ2v) is 10.2. The Kier molecular flexibility index (Phi) is 6.48. The maximum Gasteiger partial charge on any atom is 0.300 e. The minimum absolute atomic E-state index is 0.0456. The molecule has 1 atom stereocenters. The molecule has 1 N–H and O–H groups in total. The molecule has 0 bridgehead atoms. The third kappa shape index (κ3) is 4.51. The van der Waals surface area contributed by atoms with Crippen LogP contribution in [0.2, 0.25) is 0 Å². The molecule has 1 aliphatic heterocycles. The zero-order chi connectivity index (χ0) is 26.4. The van der Waals surface area contributed by atoms with Gasteiger partial charge in [-0.25, -0.2) is 4.39 Å². The van der Waals surface area contributed by atoms with Crippen LogP contribution >= 0.6 is 0 Å². The van der Waals surface area contributed by atoms with Crippen molar-refractivity contribution in [3.63, 3.8) is 0 Å². The Balaban J connectivity index is 1.97. The number of rotatable bonds is 4. The van der Waals surface area contributed by atoms with Crippen LogP contribution in [0.5, 0.6) is 5.75 Å². The van der Waals surface area contributed by atoms with Gasteiger partial charge < -0.3 is 9.84 Å². The Morgan fingerprint density at radius 3 is 2.11 bits per heavy atom. The van der Waals surface area contributed by atoms with Crippen molar-refractivity contribution in [3.8, 4) is 5.75 Å². The molecule has 1 saturated heterocycles. The van der Waals surface area contributed by atoms with Crippen LogP contribution in [0.3, 0.4) is 0 Å². The van der Waals surface area contributed by atoms with E-state index in [1.54, 1.807) is 25.3 Å². The number of hydrogen-bond donors (Lipinski definition) is 1. The minimum atomic E-state index is -0.924. The molecule has 1 heterocycles. The summed E-state index contributed by atoms with van der Waals surface area (Å²) in [5.74, 6) is -1.62. The number of hydrogen-bond acceptors (Lipinski definition) is 4. The summed E-state index contributed by atoms with van der Waals surface area (Å²) in [6.07, 6.45) is 0. The molecule has 3 aromatic carbocycles. The number of ketones is 1. The van der Waals surface area contributed by atoms with Crippen LogP contribution in [0.4, 0.5) is 10.1 Å². The molecule has 0 aromatic heterocycles. The van der Waals surface area contributed by atoms with Crippen molar-refractivity contribution in [3.05, 3.63) is 99.9 Å². The quantitative estimate of drug-likeness (QED) is 0.264.